The average molecular weight is 407 g/mol. The molecule has 0 aromatic carbocycles. The molecule has 4 rings (SSSR count). The molecule has 0 radical (unpaired) electrons. The maximum atomic E-state index is 12.8. The van der Waals surface area contributed by atoms with Gasteiger partial charge >= 0.3 is 0 Å². The molecule has 1 N–H and O–H groups in total. The van der Waals surface area contributed by atoms with Gasteiger partial charge in [-0.05, 0) is 36.6 Å². The van der Waals surface area contributed by atoms with Crippen molar-refractivity contribution in [3.63, 3.8) is 0 Å². The van der Waals surface area contributed by atoms with Crippen molar-refractivity contribution in [3.05, 3.63) is 65.4 Å². The maximum absolute atomic E-state index is 12.8. The van der Waals surface area contributed by atoms with Gasteiger partial charge in [-0.25, -0.2) is 9.97 Å². The van der Waals surface area contributed by atoms with Gasteiger partial charge in [-0.2, -0.15) is 0 Å². The quantitative estimate of drug-likeness (QED) is 0.660. The highest BCUT2D eigenvalue weighted by atomic mass is 32.2. The van der Waals surface area contributed by atoms with Crippen molar-refractivity contribution in [3.8, 4) is 0 Å². The third-order valence-corrected chi connectivity index (χ3v) is 5.71. The number of rotatable bonds is 4. The van der Waals surface area contributed by atoms with Gasteiger partial charge in [0.2, 0.25) is 0 Å². The molecule has 3 aromatic rings. The Balaban J connectivity index is 1.55. The van der Waals surface area contributed by atoms with E-state index in [0.29, 0.717) is 40.4 Å². The molecule has 0 aliphatic heterocycles. The molecular weight excluding hydrogens is 386 g/mol. The van der Waals surface area contributed by atoms with Gasteiger partial charge in [0.15, 0.2) is 11.5 Å². The molecule has 0 saturated carbocycles. The van der Waals surface area contributed by atoms with Crippen LogP contribution in [0.25, 0.3) is 0 Å². The summed E-state index contributed by atoms with van der Waals surface area (Å²) >= 11 is 1.41. The van der Waals surface area contributed by atoms with Crippen molar-refractivity contribution in [2.24, 2.45) is 5.41 Å². The number of carbonyl (C=O) groups is 2. The fourth-order valence-corrected chi connectivity index (χ4v) is 4.32. The number of aromatic nitrogens is 2. The number of furan rings is 1. The molecule has 3 aromatic heterocycles. The minimum absolute atomic E-state index is 0.0366. The molecule has 148 valence electrons. The molecule has 0 saturated heterocycles. The molecule has 1 amide bonds. The Morgan fingerprint density at radius 1 is 1.14 bits per heavy atom. The van der Waals surface area contributed by atoms with Gasteiger partial charge in [-0.3, -0.25) is 9.59 Å². The first-order valence-corrected chi connectivity index (χ1v) is 10.2. The van der Waals surface area contributed by atoms with E-state index in [0.717, 1.165) is 5.03 Å². The number of pyridine rings is 2. The highest BCUT2D eigenvalue weighted by Gasteiger charge is 2.37. The lowest BCUT2D eigenvalue weighted by molar-refractivity contribution is 0.0898. The van der Waals surface area contributed by atoms with Crippen LogP contribution < -0.4 is 5.32 Å². The lowest BCUT2D eigenvalue weighted by Crippen LogP contribution is -2.26. The summed E-state index contributed by atoms with van der Waals surface area (Å²) in [7, 11) is 0. The maximum Gasteiger partial charge on any atom is 0.291 e. The van der Waals surface area contributed by atoms with Gasteiger partial charge in [0, 0.05) is 36.5 Å². The third kappa shape index (κ3) is 4.10. The van der Waals surface area contributed by atoms with Gasteiger partial charge in [-0.1, -0.05) is 31.7 Å². The zero-order valence-electron chi connectivity index (χ0n) is 16.5. The number of hydrogen-bond acceptors (Lipinski definition) is 6. The summed E-state index contributed by atoms with van der Waals surface area (Å²) in [6.07, 6.45) is 4.45. The fourth-order valence-electron chi connectivity index (χ4n) is 3.54. The summed E-state index contributed by atoms with van der Waals surface area (Å²) in [5.74, 6) is 0.462. The van der Waals surface area contributed by atoms with E-state index >= 15 is 0 Å². The van der Waals surface area contributed by atoms with Crippen LogP contribution in [0, 0.1) is 12.3 Å². The Labute approximate surface area is 173 Å². The monoisotopic (exact) mass is 407 g/mol. The van der Waals surface area contributed by atoms with Crippen LogP contribution in [0.3, 0.4) is 0 Å². The van der Waals surface area contributed by atoms with Gasteiger partial charge in [-0.15, -0.1) is 0 Å². The van der Waals surface area contributed by atoms with Crippen LogP contribution >= 0.6 is 11.8 Å². The lowest BCUT2D eigenvalue weighted by atomic mass is 9.76. The Bertz CT molecular complexity index is 1090. The lowest BCUT2D eigenvalue weighted by Gasteiger charge is -2.27. The minimum atomic E-state index is -0.373. The third-order valence-electron chi connectivity index (χ3n) is 4.82. The number of nitrogens with one attached hydrogen (secondary N) is 1. The first-order chi connectivity index (χ1) is 13.8. The van der Waals surface area contributed by atoms with Gasteiger partial charge in [0.25, 0.3) is 5.91 Å². The summed E-state index contributed by atoms with van der Waals surface area (Å²) in [5, 5.41) is 4.39. The summed E-state index contributed by atoms with van der Waals surface area (Å²) < 4.78 is 5.84. The first kappa shape index (κ1) is 19.4. The van der Waals surface area contributed by atoms with Crippen LogP contribution in [0.4, 0.5) is 5.69 Å². The molecule has 6 nitrogen and oxygen atoms in total. The van der Waals surface area contributed by atoms with Gasteiger partial charge < -0.3 is 9.73 Å². The zero-order chi connectivity index (χ0) is 20.6. The molecule has 1 aliphatic rings. The Kier molecular flexibility index (Phi) is 5.00. The highest BCUT2D eigenvalue weighted by molar-refractivity contribution is 7.99. The number of ketones is 1. The first-order valence-electron chi connectivity index (χ1n) is 9.34. The van der Waals surface area contributed by atoms with Crippen molar-refractivity contribution >= 4 is 29.1 Å². The van der Waals surface area contributed by atoms with Crippen molar-refractivity contribution in [2.45, 2.75) is 43.7 Å². The summed E-state index contributed by atoms with van der Waals surface area (Å²) in [5.41, 5.74) is 1.61. The zero-order valence-corrected chi connectivity index (χ0v) is 17.3. The molecule has 0 bridgehead atoms. The van der Waals surface area contributed by atoms with E-state index in [1.165, 1.54) is 11.8 Å². The van der Waals surface area contributed by atoms with Crippen molar-refractivity contribution in [1.29, 1.82) is 0 Å². The van der Waals surface area contributed by atoms with Crippen LogP contribution in [0.2, 0.25) is 0 Å². The summed E-state index contributed by atoms with van der Waals surface area (Å²) in [6, 6.07) is 9.15. The smallest absolute Gasteiger partial charge is 0.291 e. The standard InChI is InChI=1S/C22H21N3O3S/c1-13-19-15(26)11-22(2,3)12-16(19)28-20(13)21(27)25-14-7-9-24-18(10-14)29-17-6-4-5-8-23-17/h4-10H,11-12H2,1-3H3,(H,24,25,27). The summed E-state index contributed by atoms with van der Waals surface area (Å²) in [6.45, 7) is 5.83. The van der Waals surface area contributed by atoms with E-state index in [9.17, 15) is 9.59 Å². The number of fused-ring (bicyclic) bond motifs is 1. The van der Waals surface area contributed by atoms with Gasteiger partial charge in [0.05, 0.1) is 5.56 Å². The van der Waals surface area contributed by atoms with Crippen molar-refractivity contribution < 1.29 is 14.0 Å². The van der Waals surface area contributed by atoms with E-state index in [-0.39, 0.29) is 22.9 Å². The highest BCUT2D eigenvalue weighted by Crippen LogP contribution is 2.38. The van der Waals surface area contributed by atoms with E-state index in [4.69, 9.17) is 4.42 Å². The second-order valence-corrected chi connectivity index (χ2v) is 8.94. The second-order valence-electron chi connectivity index (χ2n) is 7.90. The number of nitrogens with zero attached hydrogens (tertiary/aromatic N) is 2. The van der Waals surface area contributed by atoms with E-state index in [1.54, 1.807) is 31.5 Å². The molecule has 0 fully saturated rings. The Morgan fingerprint density at radius 3 is 2.69 bits per heavy atom. The molecular formula is C22H21N3O3S. The predicted octanol–water partition coefficient (Wildman–Crippen LogP) is 4.94. The van der Waals surface area contributed by atoms with Crippen LogP contribution in [-0.2, 0) is 6.42 Å². The number of hydrogen-bond donors (Lipinski definition) is 1. The SMILES string of the molecule is Cc1c(C(=O)Nc2ccnc(Sc3ccccn3)c2)oc2c1C(=O)CC(C)(C)C2. The number of Topliss-reactive ketones (excluding diaryl/α,β-unsaturated/α-hetero) is 1. The van der Waals surface area contributed by atoms with Gasteiger partial charge in [0.1, 0.15) is 15.8 Å². The molecule has 7 heteroatoms. The molecule has 0 spiro atoms. The van der Waals surface area contributed by atoms with Crippen molar-refractivity contribution in [2.75, 3.05) is 5.32 Å². The molecule has 29 heavy (non-hydrogen) atoms. The van der Waals surface area contributed by atoms with Crippen LogP contribution in [0.15, 0.2) is 57.2 Å². The van der Waals surface area contributed by atoms with E-state index in [1.807, 2.05) is 32.0 Å². The molecule has 0 unspecified atom stereocenters. The normalized spacial score (nSPS) is 15.1. The van der Waals surface area contributed by atoms with E-state index < -0.39 is 0 Å². The fraction of sp³-hybridized carbons (Fsp3) is 0.273. The minimum Gasteiger partial charge on any atom is -0.455 e. The topological polar surface area (TPSA) is 85.1 Å². The number of carbonyl (C=O) groups excluding carboxylic acids is 2. The van der Waals surface area contributed by atoms with Crippen LogP contribution in [0.5, 0.6) is 0 Å². The molecule has 0 atom stereocenters. The predicted molar refractivity (Wildman–Crippen MR) is 110 cm³/mol. The van der Waals surface area contributed by atoms with Crippen LogP contribution in [-0.4, -0.2) is 21.7 Å². The number of amides is 1. The molecule has 1 aliphatic carbocycles. The Hall–Kier alpha value is -2.93. The van der Waals surface area contributed by atoms with Crippen LogP contribution in [0.1, 0.15) is 52.5 Å². The summed E-state index contributed by atoms with van der Waals surface area (Å²) in [4.78, 5) is 33.9. The van der Waals surface area contributed by atoms with Crippen molar-refractivity contribution in [1.82, 2.24) is 9.97 Å². The molecule has 3 heterocycles. The van der Waals surface area contributed by atoms with E-state index in [2.05, 4.69) is 15.3 Å². The largest absolute Gasteiger partial charge is 0.455 e. The number of anilines is 1. The Morgan fingerprint density at radius 2 is 1.93 bits per heavy atom. The second kappa shape index (κ2) is 7.48. The average Bonchev–Trinajstić information content (AvgIpc) is 2.98.